The van der Waals surface area contributed by atoms with Crippen molar-refractivity contribution in [2.75, 3.05) is 39.5 Å². The number of benzene rings is 1. The number of rotatable bonds is 4. The second-order valence-corrected chi connectivity index (χ2v) is 8.36. The SMILES string of the molecule is C=CCN1CCC2(CC1)OCC[C@](C)(NC(=O)c1cccc3c1OCCO3)[C@H]2O. The number of ether oxygens (including phenoxy) is 3. The Morgan fingerprint density at radius 3 is 2.79 bits per heavy atom. The third-order valence-corrected chi connectivity index (χ3v) is 6.41. The molecule has 0 bridgehead atoms. The molecule has 0 radical (unpaired) electrons. The van der Waals surface area contributed by atoms with E-state index in [1.807, 2.05) is 13.0 Å². The van der Waals surface area contributed by atoms with Gasteiger partial charge in [-0.1, -0.05) is 12.1 Å². The summed E-state index contributed by atoms with van der Waals surface area (Å²) in [6, 6.07) is 5.30. The van der Waals surface area contributed by atoms with E-state index in [1.165, 1.54) is 0 Å². The highest BCUT2D eigenvalue weighted by molar-refractivity contribution is 5.98. The van der Waals surface area contributed by atoms with Crippen LogP contribution in [-0.2, 0) is 4.74 Å². The molecule has 0 unspecified atom stereocenters. The summed E-state index contributed by atoms with van der Waals surface area (Å²) in [4.78, 5) is 15.4. The smallest absolute Gasteiger partial charge is 0.255 e. The van der Waals surface area contributed by atoms with E-state index in [-0.39, 0.29) is 5.91 Å². The first-order chi connectivity index (χ1) is 14.0. The molecule has 1 amide bonds. The minimum absolute atomic E-state index is 0.268. The minimum Gasteiger partial charge on any atom is -0.486 e. The molecule has 2 N–H and O–H groups in total. The molecule has 0 aromatic heterocycles. The molecule has 29 heavy (non-hydrogen) atoms. The highest BCUT2D eigenvalue weighted by atomic mass is 16.6. The van der Waals surface area contributed by atoms with E-state index in [1.54, 1.807) is 18.2 Å². The number of nitrogens with zero attached hydrogens (tertiary/aromatic N) is 1. The lowest BCUT2D eigenvalue weighted by Gasteiger charge is -2.53. The maximum Gasteiger partial charge on any atom is 0.255 e. The number of aliphatic hydroxyl groups excluding tert-OH is 1. The van der Waals surface area contributed by atoms with Gasteiger partial charge >= 0.3 is 0 Å². The van der Waals surface area contributed by atoms with Gasteiger partial charge in [-0.25, -0.2) is 0 Å². The van der Waals surface area contributed by atoms with Crippen LogP contribution in [-0.4, -0.2) is 72.6 Å². The van der Waals surface area contributed by atoms with Gasteiger partial charge in [-0.05, 0) is 38.3 Å². The molecular weight excluding hydrogens is 372 g/mol. The molecule has 1 aromatic rings. The molecule has 3 aliphatic rings. The molecule has 2 fully saturated rings. The number of amides is 1. The Morgan fingerprint density at radius 2 is 2.03 bits per heavy atom. The largest absolute Gasteiger partial charge is 0.486 e. The fourth-order valence-corrected chi connectivity index (χ4v) is 4.69. The number of hydrogen-bond acceptors (Lipinski definition) is 6. The van der Waals surface area contributed by atoms with Gasteiger partial charge in [0.15, 0.2) is 11.5 Å². The van der Waals surface area contributed by atoms with Crippen molar-refractivity contribution in [3.63, 3.8) is 0 Å². The van der Waals surface area contributed by atoms with Crippen molar-refractivity contribution < 1.29 is 24.1 Å². The van der Waals surface area contributed by atoms with Crippen LogP contribution in [0, 0.1) is 0 Å². The van der Waals surface area contributed by atoms with Crippen LogP contribution < -0.4 is 14.8 Å². The van der Waals surface area contributed by atoms with E-state index in [4.69, 9.17) is 14.2 Å². The lowest BCUT2D eigenvalue weighted by Crippen LogP contribution is -2.69. The van der Waals surface area contributed by atoms with Crippen molar-refractivity contribution in [1.82, 2.24) is 10.2 Å². The normalized spacial score (nSPS) is 28.7. The van der Waals surface area contributed by atoms with Crippen molar-refractivity contribution in [3.8, 4) is 11.5 Å². The second-order valence-electron chi connectivity index (χ2n) is 8.36. The van der Waals surface area contributed by atoms with E-state index in [2.05, 4.69) is 16.8 Å². The first kappa shape index (κ1) is 20.2. The summed E-state index contributed by atoms with van der Waals surface area (Å²) in [6.45, 7) is 9.60. The molecule has 2 saturated heterocycles. The molecule has 1 spiro atoms. The molecule has 1 aromatic carbocycles. The van der Waals surface area contributed by atoms with Gasteiger partial charge in [0.25, 0.3) is 5.91 Å². The zero-order valence-electron chi connectivity index (χ0n) is 17.0. The number of aliphatic hydroxyl groups is 1. The first-order valence-corrected chi connectivity index (χ1v) is 10.3. The molecule has 0 saturated carbocycles. The average Bonchev–Trinajstić information content (AvgIpc) is 2.73. The van der Waals surface area contributed by atoms with Crippen LogP contribution in [0.2, 0.25) is 0 Å². The lowest BCUT2D eigenvalue weighted by atomic mass is 9.73. The summed E-state index contributed by atoms with van der Waals surface area (Å²) in [6.07, 6.45) is 3.10. The minimum atomic E-state index is -0.796. The van der Waals surface area contributed by atoms with Crippen LogP contribution in [0.5, 0.6) is 11.5 Å². The topological polar surface area (TPSA) is 80.3 Å². The van der Waals surface area contributed by atoms with E-state index in [0.29, 0.717) is 43.3 Å². The molecule has 7 heteroatoms. The van der Waals surface area contributed by atoms with E-state index in [9.17, 15) is 9.90 Å². The molecule has 158 valence electrons. The van der Waals surface area contributed by atoms with Crippen LogP contribution in [0.3, 0.4) is 0 Å². The van der Waals surface area contributed by atoms with Crippen LogP contribution in [0.15, 0.2) is 30.9 Å². The van der Waals surface area contributed by atoms with E-state index >= 15 is 0 Å². The van der Waals surface area contributed by atoms with Crippen LogP contribution >= 0.6 is 0 Å². The number of nitrogens with one attached hydrogen (secondary N) is 1. The van der Waals surface area contributed by atoms with Gasteiger partial charge in [0, 0.05) is 26.2 Å². The van der Waals surface area contributed by atoms with Gasteiger partial charge in [-0.2, -0.15) is 0 Å². The number of carbonyl (C=O) groups excluding carboxylic acids is 1. The maximum absolute atomic E-state index is 13.1. The first-order valence-electron chi connectivity index (χ1n) is 10.3. The summed E-state index contributed by atoms with van der Waals surface area (Å²) < 4.78 is 17.4. The van der Waals surface area contributed by atoms with Crippen LogP contribution in [0.4, 0.5) is 0 Å². The molecule has 4 rings (SSSR count). The Hall–Kier alpha value is -2.09. The van der Waals surface area contributed by atoms with Gasteiger partial charge in [0.2, 0.25) is 0 Å². The van der Waals surface area contributed by atoms with Crippen molar-refractivity contribution in [3.05, 3.63) is 36.4 Å². The zero-order valence-corrected chi connectivity index (χ0v) is 17.0. The Labute approximate surface area is 171 Å². The van der Waals surface area contributed by atoms with Crippen LogP contribution in [0.25, 0.3) is 0 Å². The summed E-state index contributed by atoms with van der Waals surface area (Å²) in [5, 5.41) is 14.4. The quantitative estimate of drug-likeness (QED) is 0.747. The fraction of sp³-hybridized carbons (Fsp3) is 0.591. The van der Waals surface area contributed by atoms with Gasteiger partial charge in [0.05, 0.1) is 16.7 Å². The third-order valence-electron chi connectivity index (χ3n) is 6.41. The third kappa shape index (κ3) is 3.74. The summed E-state index contributed by atoms with van der Waals surface area (Å²) in [7, 11) is 0. The van der Waals surface area contributed by atoms with Gasteiger partial charge in [-0.15, -0.1) is 6.58 Å². The van der Waals surface area contributed by atoms with Crippen molar-refractivity contribution in [2.45, 2.75) is 43.4 Å². The molecule has 3 aliphatic heterocycles. The van der Waals surface area contributed by atoms with Crippen molar-refractivity contribution >= 4 is 5.91 Å². The molecule has 7 nitrogen and oxygen atoms in total. The number of hydrogen-bond donors (Lipinski definition) is 2. The second kappa shape index (κ2) is 7.97. The Bertz CT molecular complexity index is 774. The number of para-hydroxylation sites is 1. The number of piperidine rings is 1. The van der Waals surface area contributed by atoms with Crippen molar-refractivity contribution in [2.24, 2.45) is 0 Å². The van der Waals surface area contributed by atoms with Gasteiger partial charge in [0.1, 0.15) is 19.3 Å². The molecular formula is C22H30N2O5. The zero-order chi connectivity index (χ0) is 20.5. The number of fused-ring (bicyclic) bond motifs is 1. The average molecular weight is 402 g/mol. The molecule has 2 atom stereocenters. The predicted molar refractivity (Wildman–Crippen MR) is 108 cm³/mol. The maximum atomic E-state index is 13.1. The highest BCUT2D eigenvalue weighted by Gasteiger charge is 2.53. The van der Waals surface area contributed by atoms with Gasteiger partial charge in [-0.3, -0.25) is 9.69 Å². The highest BCUT2D eigenvalue weighted by Crippen LogP contribution is 2.40. The lowest BCUT2D eigenvalue weighted by molar-refractivity contribution is -0.205. The molecule has 3 heterocycles. The monoisotopic (exact) mass is 402 g/mol. The molecule has 0 aliphatic carbocycles. The number of likely N-dealkylation sites (tertiary alicyclic amines) is 1. The van der Waals surface area contributed by atoms with Gasteiger partial charge < -0.3 is 24.6 Å². The Balaban J connectivity index is 1.51. The van der Waals surface area contributed by atoms with Crippen LogP contribution in [0.1, 0.15) is 36.5 Å². The Kier molecular flexibility index (Phi) is 5.55. The van der Waals surface area contributed by atoms with E-state index < -0.39 is 17.2 Å². The van der Waals surface area contributed by atoms with E-state index in [0.717, 1.165) is 32.5 Å². The summed E-state index contributed by atoms with van der Waals surface area (Å²) >= 11 is 0. The Morgan fingerprint density at radius 1 is 1.28 bits per heavy atom. The standard InChI is InChI=1S/C22H30N2O5/c1-3-10-24-11-7-22(8-12-24)20(26)21(2,9-13-29-22)23-19(25)16-5-4-6-17-18(16)28-15-14-27-17/h3-6,20,26H,1,7-15H2,2H3,(H,23,25)/t20-,21+/m1/s1. The number of carbonyl (C=O) groups is 1. The summed E-state index contributed by atoms with van der Waals surface area (Å²) in [5.74, 6) is 0.775. The van der Waals surface area contributed by atoms with Crippen molar-refractivity contribution in [1.29, 1.82) is 0 Å². The summed E-state index contributed by atoms with van der Waals surface area (Å²) in [5.41, 5.74) is -0.987. The fourth-order valence-electron chi connectivity index (χ4n) is 4.69. The predicted octanol–water partition coefficient (Wildman–Crippen LogP) is 1.75.